The van der Waals surface area contributed by atoms with Crippen LogP contribution in [0.3, 0.4) is 0 Å². The molecular weight excluding hydrogens is 184 g/mol. The third-order valence-corrected chi connectivity index (χ3v) is 1.54. The number of furan rings is 1. The van der Waals surface area contributed by atoms with Crippen molar-refractivity contribution < 1.29 is 13.9 Å². The van der Waals surface area contributed by atoms with Gasteiger partial charge >= 0.3 is 0 Å². The van der Waals surface area contributed by atoms with Gasteiger partial charge in [0.1, 0.15) is 0 Å². The molecule has 1 heterocycles. The van der Waals surface area contributed by atoms with Gasteiger partial charge in [0, 0.05) is 13.1 Å². The lowest BCUT2D eigenvalue weighted by atomic mass is 10.4. The number of rotatable bonds is 6. The molecule has 0 aliphatic heterocycles. The van der Waals surface area contributed by atoms with Crippen molar-refractivity contribution in [2.45, 2.75) is 0 Å². The summed E-state index contributed by atoms with van der Waals surface area (Å²) in [5, 5.41) is 2.65. The predicted octanol–water partition coefficient (Wildman–Crippen LogP) is -0.0153. The van der Waals surface area contributed by atoms with E-state index in [0.29, 0.717) is 32.1 Å². The van der Waals surface area contributed by atoms with Crippen LogP contribution < -0.4 is 11.1 Å². The first-order valence-electron chi connectivity index (χ1n) is 4.44. The Kier molecular flexibility index (Phi) is 4.74. The van der Waals surface area contributed by atoms with Gasteiger partial charge in [-0.1, -0.05) is 0 Å². The Labute approximate surface area is 82.2 Å². The molecule has 1 aromatic rings. The Bertz CT molecular complexity index is 259. The van der Waals surface area contributed by atoms with E-state index in [2.05, 4.69) is 5.32 Å². The highest BCUT2D eigenvalue weighted by Crippen LogP contribution is 1.98. The number of nitrogens with two attached hydrogens (primary N) is 1. The van der Waals surface area contributed by atoms with E-state index in [4.69, 9.17) is 14.9 Å². The number of hydrogen-bond donors (Lipinski definition) is 2. The van der Waals surface area contributed by atoms with E-state index >= 15 is 0 Å². The van der Waals surface area contributed by atoms with Crippen molar-refractivity contribution in [2.24, 2.45) is 5.73 Å². The van der Waals surface area contributed by atoms with Crippen LogP contribution in [0.2, 0.25) is 0 Å². The van der Waals surface area contributed by atoms with E-state index in [1.54, 1.807) is 12.1 Å². The molecule has 0 fully saturated rings. The van der Waals surface area contributed by atoms with Crippen molar-refractivity contribution in [3.8, 4) is 0 Å². The highest BCUT2D eigenvalue weighted by molar-refractivity contribution is 5.91. The van der Waals surface area contributed by atoms with Crippen molar-refractivity contribution in [1.82, 2.24) is 5.32 Å². The molecule has 3 N–H and O–H groups in total. The molecule has 0 aliphatic carbocycles. The summed E-state index contributed by atoms with van der Waals surface area (Å²) in [5.74, 6) is 0.0789. The molecule has 1 rings (SSSR count). The molecule has 0 spiro atoms. The first kappa shape index (κ1) is 10.7. The first-order valence-corrected chi connectivity index (χ1v) is 4.44. The van der Waals surface area contributed by atoms with Crippen LogP contribution in [0.4, 0.5) is 0 Å². The lowest BCUT2D eigenvalue weighted by Crippen LogP contribution is -2.27. The molecule has 1 aromatic heterocycles. The number of amides is 1. The van der Waals surface area contributed by atoms with E-state index in [-0.39, 0.29) is 5.91 Å². The molecule has 1 amide bonds. The van der Waals surface area contributed by atoms with Crippen LogP contribution in [0.5, 0.6) is 0 Å². The van der Waals surface area contributed by atoms with Crippen molar-refractivity contribution in [1.29, 1.82) is 0 Å². The minimum atomic E-state index is -0.230. The third-order valence-electron chi connectivity index (χ3n) is 1.54. The van der Waals surface area contributed by atoms with E-state index in [9.17, 15) is 4.79 Å². The van der Waals surface area contributed by atoms with Crippen LogP contribution in [-0.4, -0.2) is 32.2 Å². The van der Waals surface area contributed by atoms with Gasteiger partial charge in [-0.25, -0.2) is 0 Å². The smallest absolute Gasteiger partial charge is 0.287 e. The quantitative estimate of drug-likeness (QED) is 0.630. The largest absolute Gasteiger partial charge is 0.459 e. The number of nitrogens with one attached hydrogen (secondary N) is 1. The Balaban J connectivity index is 2.10. The summed E-state index contributed by atoms with van der Waals surface area (Å²) in [5.41, 5.74) is 5.22. The standard InChI is InChI=1S/C9H14N2O3/c10-3-6-13-7-4-11-9(12)8-2-1-5-14-8/h1-2,5H,3-4,6-7,10H2,(H,11,12). The average Bonchev–Trinajstić information content (AvgIpc) is 2.70. The van der Waals surface area contributed by atoms with Crippen molar-refractivity contribution >= 4 is 5.91 Å². The maximum absolute atomic E-state index is 11.3. The van der Waals surface area contributed by atoms with Crippen LogP contribution in [0.25, 0.3) is 0 Å². The maximum atomic E-state index is 11.3. The van der Waals surface area contributed by atoms with Crippen LogP contribution in [0, 0.1) is 0 Å². The number of ether oxygens (including phenoxy) is 1. The van der Waals surface area contributed by atoms with Gasteiger partial charge in [-0.05, 0) is 12.1 Å². The second-order valence-corrected chi connectivity index (χ2v) is 2.63. The molecule has 0 aromatic carbocycles. The summed E-state index contributed by atoms with van der Waals surface area (Å²) in [6, 6.07) is 3.27. The van der Waals surface area contributed by atoms with E-state index in [1.165, 1.54) is 6.26 Å². The molecule has 0 atom stereocenters. The van der Waals surface area contributed by atoms with Gasteiger partial charge in [-0.2, -0.15) is 0 Å². The van der Waals surface area contributed by atoms with Crippen LogP contribution in [0.1, 0.15) is 10.6 Å². The van der Waals surface area contributed by atoms with Crippen LogP contribution in [0.15, 0.2) is 22.8 Å². The molecule has 0 radical (unpaired) electrons. The lowest BCUT2D eigenvalue weighted by molar-refractivity contribution is 0.0893. The fourth-order valence-corrected chi connectivity index (χ4v) is 0.917. The highest BCUT2D eigenvalue weighted by atomic mass is 16.5. The zero-order valence-electron chi connectivity index (χ0n) is 7.86. The van der Waals surface area contributed by atoms with Gasteiger partial charge in [0.2, 0.25) is 0 Å². The lowest BCUT2D eigenvalue weighted by Gasteiger charge is -2.03. The molecule has 5 nitrogen and oxygen atoms in total. The fourth-order valence-electron chi connectivity index (χ4n) is 0.917. The SMILES string of the molecule is NCCOCCNC(=O)c1ccco1. The molecule has 0 bridgehead atoms. The van der Waals surface area contributed by atoms with Crippen LogP contribution in [-0.2, 0) is 4.74 Å². The van der Waals surface area contributed by atoms with Crippen molar-refractivity contribution in [3.63, 3.8) is 0 Å². The van der Waals surface area contributed by atoms with E-state index in [0.717, 1.165) is 0 Å². The Hall–Kier alpha value is -1.33. The van der Waals surface area contributed by atoms with Gasteiger partial charge in [-0.3, -0.25) is 4.79 Å². The topological polar surface area (TPSA) is 77.5 Å². The highest BCUT2D eigenvalue weighted by Gasteiger charge is 2.06. The van der Waals surface area contributed by atoms with Gasteiger partial charge < -0.3 is 20.2 Å². The minimum absolute atomic E-state index is 0.230. The second kappa shape index (κ2) is 6.17. The number of carbonyl (C=O) groups is 1. The summed E-state index contributed by atoms with van der Waals surface area (Å²) < 4.78 is 9.98. The van der Waals surface area contributed by atoms with E-state index < -0.39 is 0 Å². The molecule has 5 heteroatoms. The molecule has 0 aliphatic rings. The van der Waals surface area contributed by atoms with E-state index in [1.807, 2.05) is 0 Å². The Morgan fingerprint density at radius 3 is 3.07 bits per heavy atom. The summed E-state index contributed by atoms with van der Waals surface area (Å²) in [6.45, 7) is 1.92. The summed E-state index contributed by atoms with van der Waals surface area (Å²) in [6.07, 6.45) is 1.46. The summed E-state index contributed by atoms with van der Waals surface area (Å²) >= 11 is 0. The number of carbonyl (C=O) groups excluding carboxylic acids is 1. The zero-order chi connectivity index (χ0) is 10.2. The molecule has 14 heavy (non-hydrogen) atoms. The Morgan fingerprint density at radius 2 is 2.43 bits per heavy atom. The van der Waals surface area contributed by atoms with Gasteiger partial charge in [0.15, 0.2) is 5.76 Å². The van der Waals surface area contributed by atoms with Crippen molar-refractivity contribution in [2.75, 3.05) is 26.3 Å². The monoisotopic (exact) mass is 198 g/mol. The average molecular weight is 198 g/mol. The summed E-state index contributed by atoms with van der Waals surface area (Å²) in [7, 11) is 0. The Morgan fingerprint density at radius 1 is 1.57 bits per heavy atom. The molecule has 0 saturated carbocycles. The van der Waals surface area contributed by atoms with Gasteiger partial charge in [0.05, 0.1) is 19.5 Å². The normalized spacial score (nSPS) is 10.1. The zero-order valence-corrected chi connectivity index (χ0v) is 7.86. The number of hydrogen-bond acceptors (Lipinski definition) is 4. The second-order valence-electron chi connectivity index (χ2n) is 2.63. The minimum Gasteiger partial charge on any atom is -0.459 e. The summed E-state index contributed by atoms with van der Waals surface area (Å²) in [4.78, 5) is 11.3. The first-order chi connectivity index (χ1) is 6.84. The van der Waals surface area contributed by atoms with Gasteiger partial charge in [0.25, 0.3) is 5.91 Å². The van der Waals surface area contributed by atoms with Gasteiger partial charge in [-0.15, -0.1) is 0 Å². The third kappa shape index (κ3) is 3.59. The molecule has 0 unspecified atom stereocenters. The molecular formula is C9H14N2O3. The molecule has 0 saturated heterocycles. The van der Waals surface area contributed by atoms with Crippen LogP contribution >= 0.6 is 0 Å². The maximum Gasteiger partial charge on any atom is 0.287 e. The fraction of sp³-hybridized carbons (Fsp3) is 0.444. The predicted molar refractivity (Wildman–Crippen MR) is 50.9 cm³/mol. The van der Waals surface area contributed by atoms with Crippen molar-refractivity contribution in [3.05, 3.63) is 24.2 Å². The molecule has 78 valence electrons.